The van der Waals surface area contributed by atoms with Crippen LogP contribution in [0.1, 0.15) is 17.2 Å². The second kappa shape index (κ2) is 9.48. The van der Waals surface area contributed by atoms with Gasteiger partial charge in [0, 0.05) is 16.8 Å². The van der Waals surface area contributed by atoms with Crippen LogP contribution in [0.15, 0.2) is 91.0 Å². The summed E-state index contributed by atoms with van der Waals surface area (Å²) in [5.74, 6) is -0.331. The van der Waals surface area contributed by atoms with Crippen molar-refractivity contribution in [3.05, 3.63) is 102 Å². The minimum absolute atomic E-state index is 0.00895. The first-order chi connectivity index (χ1) is 13.6. The standard InChI is InChI=1S/C23H23N3O2/c1-26(17-21(27)25-23(28)24-20-15-9-4-10-16-20)22(18-11-5-2-6-12-18)19-13-7-3-8-14-19/h2-16,22H,17H2,1H3,(H2,24,25,27,28)/p+1. The van der Waals surface area contributed by atoms with Crippen LogP contribution in [0.4, 0.5) is 10.5 Å². The van der Waals surface area contributed by atoms with Gasteiger partial charge in [0.15, 0.2) is 6.54 Å². The molecule has 5 nitrogen and oxygen atoms in total. The van der Waals surface area contributed by atoms with E-state index >= 15 is 0 Å². The average molecular weight is 374 g/mol. The SMILES string of the molecule is C[NH+](CC(=O)NC(=O)Nc1ccccc1)C(c1ccccc1)c1ccccc1. The Kier molecular flexibility index (Phi) is 6.54. The topological polar surface area (TPSA) is 62.6 Å². The number of hydrogen-bond donors (Lipinski definition) is 3. The number of benzene rings is 3. The van der Waals surface area contributed by atoms with Crippen molar-refractivity contribution in [3.63, 3.8) is 0 Å². The van der Waals surface area contributed by atoms with Crippen LogP contribution < -0.4 is 15.5 Å². The molecule has 1 unspecified atom stereocenters. The van der Waals surface area contributed by atoms with Crippen molar-refractivity contribution < 1.29 is 14.5 Å². The van der Waals surface area contributed by atoms with Crippen molar-refractivity contribution in [1.29, 1.82) is 0 Å². The van der Waals surface area contributed by atoms with Gasteiger partial charge in [0.2, 0.25) is 0 Å². The lowest BCUT2D eigenvalue weighted by atomic mass is 9.97. The number of para-hydroxylation sites is 1. The predicted molar refractivity (Wildman–Crippen MR) is 110 cm³/mol. The summed E-state index contributed by atoms with van der Waals surface area (Å²) in [6, 6.07) is 28.6. The van der Waals surface area contributed by atoms with Gasteiger partial charge >= 0.3 is 6.03 Å². The van der Waals surface area contributed by atoms with Crippen LogP contribution in [0.2, 0.25) is 0 Å². The van der Waals surface area contributed by atoms with Crippen molar-refractivity contribution in [2.45, 2.75) is 6.04 Å². The highest BCUT2D eigenvalue weighted by Gasteiger charge is 2.25. The molecule has 142 valence electrons. The fraction of sp³-hybridized carbons (Fsp3) is 0.130. The Balaban J connectivity index is 1.67. The summed E-state index contributed by atoms with van der Waals surface area (Å²) in [6.07, 6.45) is 0. The summed E-state index contributed by atoms with van der Waals surface area (Å²) in [6.45, 7) is 0.163. The first-order valence-electron chi connectivity index (χ1n) is 9.21. The van der Waals surface area contributed by atoms with Gasteiger partial charge in [-0.25, -0.2) is 4.79 Å². The van der Waals surface area contributed by atoms with E-state index in [2.05, 4.69) is 34.9 Å². The number of amides is 3. The van der Waals surface area contributed by atoms with Gasteiger partial charge in [-0.2, -0.15) is 0 Å². The fourth-order valence-corrected chi connectivity index (χ4v) is 3.26. The van der Waals surface area contributed by atoms with Crippen LogP contribution in [-0.2, 0) is 4.79 Å². The molecule has 0 spiro atoms. The molecule has 0 saturated heterocycles. The maximum atomic E-state index is 12.4. The van der Waals surface area contributed by atoms with E-state index in [0.29, 0.717) is 5.69 Å². The molecule has 0 radical (unpaired) electrons. The van der Waals surface area contributed by atoms with Crippen LogP contribution in [0, 0.1) is 0 Å². The van der Waals surface area contributed by atoms with Crippen LogP contribution in [0.3, 0.4) is 0 Å². The lowest BCUT2D eigenvalue weighted by molar-refractivity contribution is -0.898. The highest BCUT2D eigenvalue weighted by Crippen LogP contribution is 2.18. The van der Waals surface area contributed by atoms with Crippen LogP contribution in [0.5, 0.6) is 0 Å². The van der Waals surface area contributed by atoms with Crippen molar-refractivity contribution in [1.82, 2.24) is 5.32 Å². The number of carbonyl (C=O) groups excluding carboxylic acids is 2. The van der Waals surface area contributed by atoms with E-state index in [1.165, 1.54) is 0 Å². The molecular formula is C23H24N3O2+. The summed E-state index contributed by atoms with van der Waals surface area (Å²) in [4.78, 5) is 25.5. The number of anilines is 1. The van der Waals surface area contributed by atoms with Gasteiger partial charge < -0.3 is 10.2 Å². The second-order valence-corrected chi connectivity index (χ2v) is 6.65. The molecule has 0 aliphatic rings. The Morgan fingerprint density at radius 2 is 1.25 bits per heavy atom. The van der Waals surface area contributed by atoms with Crippen molar-refractivity contribution in [2.75, 3.05) is 18.9 Å². The zero-order valence-corrected chi connectivity index (χ0v) is 15.8. The number of urea groups is 1. The van der Waals surface area contributed by atoms with E-state index in [4.69, 9.17) is 0 Å². The third kappa shape index (κ3) is 5.28. The molecule has 0 aromatic heterocycles. The van der Waals surface area contributed by atoms with Gasteiger partial charge in [-0.05, 0) is 12.1 Å². The maximum absolute atomic E-state index is 12.4. The van der Waals surface area contributed by atoms with Gasteiger partial charge in [-0.3, -0.25) is 10.1 Å². The smallest absolute Gasteiger partial charge is 0.320 e. The van der Waals surface area contributed by atoms with Crippen molar-refractivity contribution in [3.8, 4) is 0 Å². The summed E-state index contributed by atoms with van der Waals surface area (Å²) in [7, 11) is 1.96. The lowest BCUT2D eigenvalue weighted by Crippen LogP contribution is -3.10. The maximum Gasteiger partial charge on any atom is 0.326 e. The fourth-order valence-electron chi connectivity index (χ4n) is 3.26. The number of likely N-dealkylation sites (N-methyl/N-ethyl adjacent to an activating group) is 1. The van der Waals surface area contributed by atoms with E-state index in [-0.39, 0.29) is 18.5 Å². The van der Waals surface area contributed by atoms with E-state index < -0.39 is 6.03 Å². The minimum Gasteiger partial charge on any atom is -0.320 e. The second-order valence-electron chi connectivity index (χ2n) is 6.65. The predicted octanol–water partition coefficient (Wildman–Crippen LogP) is 2.64. The monoisotopic (exact) mass is 374 g/mol. The Bertz CT molecular complexity index is 859. The van der Waals surface area contributed by atoms with Gasteiger partial charge in [0.25, 0.3) is 5.91 Å². The quantitative estimate of drug-likeness (QED) is 0.621. The third-order valence-corrected chi connectivity index (χ3v) is 4.48. The van der Waals surface area contributed by atoms with Gasteiger partial charge in [0.05, 0.1) is 7.05 Å². The Hall–Kier alpha value is -3.44. The first kappa shape index (κ1) is 19.3. The molecule has 3 N–H and O–H groups in total. The number of hydrogen-bond acceptors (Lipinski definition) is 2. The highest BCUT2D eigenvalue weighted by atomic mass is 16.2. The van der Waals surface area contributed by atoms with Crippen molar-refractivity contribution in [2.24, 2.45) is 0 Å². The zero-order chi connectivity index (χ0) is 19.8. The zero-order valence-electron chi connectivity index (χ0n) is 15.8. The summed E-state index contributed by atoms with van der Waals surface area (Å²) in [5, 5.41) is 5.07. The van der Waals surface area contributed by atoms with Crippen LogP contribution in [0.25, 0.3) is 0 Å². The highest BCUT2D eigenvalue weighted by molar-refractivity contribution is 6.01. The molecule has 0 bridgehead atoms. The number of carbonyl (C=O) groups is 2. The molecule has 3 rings (SSSR count). The molecule has 5 heteroatoms. The minimum atomic E-state index is -0.528. The van der Waals surface area contributed by atoms with Crippen LogP contribution >= 0.6 is 0 Å². The van der Waals surface area contributed by atoms with E-state index in [1.54, 1.807) is 12.1 Å². The normalized spacial score (nSPS) is 11.6. The Morgan fingerprint density at radius 1 is 0.786 bits per heavy atom. The number of nitrogens with one attached hydrogen (secondary N) is 3. The molecule has 3 amide bonds. The molecule has 28 heavy (non-hydrogen) atoms. The summed E-state index contributed by atoms with van der Waals surface area (Å²) in [5.41, 5.74) is 2.88. The number of imide groups is 1. The van der Waals surface area contributed by atoms with Crippen LogP contribution in [-0.4, -0.2) is 25.5 Å². The van der Waals surface area contributed by atoms with Gasteiger partial charge in [0.1, 0.15) is 6.04 Å². The first-order valence-corrected chi connectivity index (χ1v) is 9.21. The largest absolute Gasteiger partial charge is 0.326 e. The van der Waals surface area contributed by atoms with Crippen molar-refractivity contribution >= 4 is 17.6 Å². The summed E-state index contributed by atoms with van der Waals surface area (Å²) >= 11 is 0. The van der Waals surface area contributed by atoms with Gasteiger partial charge in [-0.15, -0.1) is 0 Å². The molecule has 3 aromatic rings. The third-order valence-electron chi connectivity index (χ3n) is 4.48. The Morgan fingerprint density at radius 3 is 1.75 bits per heavy atom. The lowest BCUT2D eigenvalue weighted by Gasteiger charge is -2.25. The Labute approximate surface area is 165 Å². The molecule has 0 aliphatic heterocycles. The van der Waals surface area contributed by atoms with E-state index in [1.807, 2.05) is 61.6 Å². The van der Waals surface area contributed by atoms with E-state index in [9.17, 15) is 9.59 Å². The molecule has 1 atom stereocenters. The number of quaternary nitrogens is 1. The molecule has 0 saturated carbocycles. The molecule has 0 aliphatic carbocycles. The molecule has 3 aromatic carbocycles. The molecule has 0 heterocycles. The molecular weight excluding hydrogens is 350 g/mol. The molecule has 0 fully saturated rings. The summed E-state index contributed by atoms with van der Waals surface area (Å²) < 4.78 is 0. The van der Waals surface area contributed by atoms with Gasteiger partial charge in [-0.1, -0.05) is 78.9 Å². The number of rotatable bonds is 6. The average Bonchev–Trinajstić information content (AvgIpc) is 2.70. The van der Waals surface area contributed by atoms with E-state index in [0.717, 1.165) is 16.0 Å².